The van der Waals surface area contributed by atoms with Gasteiger partial charge in [-0.25, -0.2) is 0 Å². The molecule has 216 valence electrons. The maximum atomic E-state index is 13.9. The molecule has 9 heteroatoms. The van der Waals surface area contributed by atoms with Crippen molar-refractivity contribution < 1.29 is 33.5 Å². The summed E-state index contributed by atoms with van der Waals surface area (Å²) in [7, 11) is -3.37. The van der Waals surface area contributed by atoms with Gasteiger partial charge in [0.15, 0.2) is 13.6 Å². The second-order valence-electron chi connectivity index (χ2n) is 10.4. The first-order valence-corrected chi connectivity index (χ1v) is 15.6. The van der Waals surface area contributed by atoms with Gasteiger partial charge in [-0.05, 0) is 93.0 Å². The Morgan fingerprint density at radius 2 is 1.54 bits per heavy atom. The molecule has 0 saturated carbocycles. The molecule has 8 nitrogen and oxygen atoms in total. The Bertz CT molecular complexity index is 1140. The van der Waals surface area contributed by atoms with Crippen LogP contribution in [0, 0.1) is 19.8 Å². The molecule has 2 aromatic carbocycles. The van der Waals surface area contributed by atoms with Crippen molar-refractivity contribution >= 4 is 19.2 Å². The first-order valence-electron chi connectivity index (χ1n) is 13.5. The first-order chi connectivity index (χ1) is 18.3. The first kappa shape index (κ1) is 32.4. The Hall–Kier alpha value is -2.83. The van der Waals surface area contributed by atoms with Gasteiger partial charge in [0.1, 0.15) is 17.5 Å². The third-order valence-corrected chi connectivity index (χ3v) is 9.07. The predicted octanol–water partition coefficient (Wildman–Crippen LogP) is 6.08. The number of esters is 2. The average molecular weight is 562 g/mol. The molecule has 0 heterocycles. The topological polar surface area (TPSA) is 111 Å². The summed E-state index contributed by atoms with van der Waals surface area (Å²) in [5.74, 6) is -0.546. The number of hydrogen-bond acceptors (Lipinski definition) is 7. The van der Waals surface area contributed by atoms with E-state index in [4.69, 9.17) is 14.2 Å². The highest BCUT2D eigenvalue weighted by molar-refractivity contribution is 7.61. The molecule has 0 aliphatic carbocycles. The lowest BCUT2D eigenvalue weighted by molar-refractivity contribution is -0.146. The third kappa shape index (κ3) is 9.40. The SMILES string of the molecule is CCOC(=O)[C@H](C)CP(=O)(COc1cc(C)c(Cc2ccc(O)c(C(C)C)c2)c(C)c1)N[C@@H](C)C(=O)OCC. The maximum Gasteiger partial charge on any atom is 0.323 e. The summed E-state index contributed by atoms with van der Waals surface area (Å²) in [6.07, 6.45) is 0.477. The number of nitrogens with one attached hydrogen (secondary N) is 1. The number of phenolic OH excluding ortho intramolecular Hbond substituents is 1. The van der Waals surface area contributed by atoms with Crippen LogP contribution in [-0.2, 0) is 30.0 Å². The molecule has 0 aliphatic heterocycles. The van der Waals surface area contributed by atoms with Gasteiger partial charge in [-0.2, -0.15) is 0 Å². The van der Waals surface area contributed by atoms with Crippen LogP contribution in [0.4, 0.5) is 0 Å². The lowest BCUT2D eigenvalue weighted by Crippen LogP contribution is -2.36. The van der Waals surface area contributed by atoms with Crippen molar-refractivity contribution in [3.05, 3.63) is 58.1 Å². The number of carbonyl (C=O) groups excluding carboxylic acids is 2. The number of phenols is 1. The van der Waals surface area contributed by atoms with E-state index < -0.39 is 31.2 Å². The van der Waals surface area contributed by atoms with Gasteiger partial charge in [0.05, 0.1) is 19.1 Å². The highest BCUT2D eigenvalue weighted by Crippen LogP contribution is 2.44. The van der Waals surface area contributed by atoms with Crippen LogP contribution in [-0.4, -0.2) is 48.8 Å². The second kappa shape index (κ2) is 14.5. The van der Waals surface area contributed by atoms with Crippen molar-refractivity contribution in [1.82, 2.24) is 5.09 Å². The van der Waals surface area contributed by atoms with Gasteiger partial charge in [-0.3, -0.25) is 14.7 Å². The van der Waals surface area contributed by atoms with Crippen molar-refractivity contribution in [1.29, 1.82) is 0 Å². The zero-order valence-electron chi connectivity index (χ0n) is 24.5. The predicted molar refractivity (Wildman–Crippen MR) is 154 cm³/mol. The molecule has 0 amide bonds. The summed E-state index contributed by atoms with van der Waals surface area (Å²) >= 11 is 0. The smallest absolute Gasteiger partial charge is 0.323 e. The molecule has 0 bridgehead atoms. The summed E-state index contributed by atoms with van der Waals surface area (Å²) < 4.78 is 30.1. The second-order valence-corrected chi connectivity index (χ2v) is 13.0. The van der Waals surface area contributed by atoms with Gasteiger partial charge in [-0.1, -0.05) is 32.9 Å². The Kier molecular flexibility index (Phi) is 12.1. The lowest BCUT2D eigenvalue weighted by Gasteiger charge is -2.25. The lowest BCUT2D eigenvalue weighted by atomic mass is 9.93. The quantitative estimate of drug-likeness (QED) is 0.211. The monoisotopic (exact) mass is 561 g/mol. The van der Waals surface area contributed by atoms with Crippen LogP contribution in [0.15, 0.2) is 30.3 Å². The zero-order chi connectivity index (χ0) is 29.3. The number of benzene rings is 2. The van der Waals surface area contributed by atoms with E-state index in [1.54, 1.807) is 33.8 Å². The van der Waals surface area contributed by atoms with E-state index in [2.05, 4.69) is 18.9 Å². The summed E-state index contributed by atoms with van der Waals surface area (Å²) in [5, 5.41) is 13.1. The molecule has 0 saturated heterocycles. The fraction of sp³-hybridized carbons (Fsp3) is 0.533. The van der Waals surface area contributed by atoms with Crippen molar-refractivity contribution in [2.45, 2.75) is 73.8 Å². The Morgan fingerprint density at radius 1 is 0.949 bits per heavy atom. The molecular weight excluding hydrogens is 517 g/mol. The van der Waals surface area contributed by atoms with E-state index in [-0.39, 0.29) is 31.6 Å². The molecular formula is C30H44NO7P. The Balaban J connectivity index is 2.25. The average Bonchev–Trinajstić information content (AvgIpc) is 2.86. The third-order valence-electron chi connectivity index (χ3n) is 6.53. The fourth-order valence-electron chi connectivity index (χ4n) is 4.49. The molecule has 3 atom stereocenters. The van der Waals surface area contributed by atoms with E-state index in [9.17, 15) is 19.3 Å². The van der Waals surface area contributed by atoms with Crippen LogP contribution in [0.25, 0.3) is 0 Å². The van der Waals surface area contributed by atoms with Crippen LogP contribution in [0.1, 0.15) is 75.3 Å². The van der Waals surface area contributed by atoms with E-state index >= 15 is 0 Å². The van der Waals surface area contributed by atoms with E-state index in [1.165, 1.54) is 0 Å². The molecule has 39 heavy (non-hydrogen) atoms. The fourth-order valence-corrected chi connectivity index (χ4v) is 6.98. The van der Waals surface area contributed by atoms with Crippen LogP contribution >= 0.6 is 7.29 Å². The van der Waals surface area contributed by atoms with Crippen LogP contribution in [0.5, 0.6) is 11.5 Å². The summed E-state index contributed by atoms with van der Waals surface area (Å²) in [5.41, 5.74) is 5.21. The van der Waals surface area contributed by atoms with Crippen LogP contribution < -0.4 is 9.82 Å². The molecule has 0 aliphatic rings. The molecule has 2 rings (SSSR count). The summed E-state index contributed by atoms with van der Waals surface area (Å²) in [6, 6.07) is 8.69. The van der Waals surface area contributed by atoms with E-state index in [0.29, 0.717) is 17.9 Å². The van der Waals surface area contributed by atoms with Gasteiger partial charge in [-0.15, -0.1) is 0 Å². The molecule has 0 aromatic heterocycles. The van der Waals surface area contributed by atoms with Crippen molar-refractivity contribution in [2.24, 2.45) is 5.92 Å². The number of aromatic hydroxyl groups is 1. The highest BCUT2D eigenvalue weighted by Gasteiger charge is 2.33. The molecule has 0 radical (unpaired) electrons. The molecule has 1 unspecified atom stereocenters. The number of aryl methyl sites for hydroxylation is 2. The van der Waals surface area contributed by atoms with Gasteiger partial charge in [0.2, 0.25) is 0 Å². The van der Waals surface area contributed by atoms with Crippen molar-refractivity contribution in [3.63, 3.8) is 0 Å². The Morgan fingerprint density at radius 3 is 2.10 bits per heavy atom. The largest absolute Gasteiger partial charge is 0.508 e. The normalized spacial score (nSPS) is 14.4. The summed E-state index contributed by atoms with van der Waals surface area (Å²) in [6.45, 7) is 15.2. The minimum atomic E-state index is -3.37. The number of hydrogen-bond donors (Lipinski definition) is 2. The van der Waals surface area contributed by atoms with Crippen LogP contribution in [0.3, 0.4) is 0 Å². The van der Waals surface area contributed by atoms with E-state index in [1.807, 2.05) is 38.1 Å². The van der Waals surface area contributed by atoms with Gasteiger partial charge in [0.25, 0.3) is 0 Å². The van der Waals surface area contributed by atoms with Crippen molar-refractivity contribution in [3.8, 4) is 11.5 Å². The van der Waals surface area contributed by atoms with Gasteiger partial charge in [0, 0.05) is 6.16 Å². The number of carbonyl (C=O) groups is 2. The maximum absolute atomic E-state index is 13.9. The standard InChI is InChI=1S/C30H44NO7P/c1-9-36-29(33)22(7)17-39(35,31-23(8)30(34)37-10-2)18-38-25-13-20(5)27(21(6)14-25)16-24-11-12-28(32)26(15-24)19(3)4/h11-15,19,22-23,32H,9-10,16-18H2,1-8H3,(H,31,35)/t22-,23+,39?/m1/s1. The minimum absolute atomic E-state index is 0.0232. The highest BCUT2D eigenvalue weighted by atomic mass is 31.2. The molecule has 0 spiro atoms. The van der Waals surface area contributed by atoms with Gasteiger partial charge < -0.3 is 23.9 Å². The minimum Gasteiger partial charge on any atom is -0.508 e. The molecule has 2 aromatic rings. The van der Waals surface area contributed by atoms with E-state index in [0.717, 1.165) is 27.8 Å². The zero-order valence-corrected chi connectivity index (χ0v) is 25.4. The molecule has 0 fully saturated rings. The molecule has 2 N–H and O–H groups in total. The number of ether oxygens (including phenoxy) is 3. The Labute approximate surface area is 232 Å². The van der Waals surface area contributed by atoms with Crippen LogP contribution in [0.2, 0.25) is 0 Å². The summed E-state index contributed by atoms with van der Waals surface area (Å²) in [4.78, 5) is 24.5. The number of rotatable bonds is 14. The van der Waals surface area contributed by atoms with Crippen molar-refractivity contribution in [2.75, 3.05) is 25.7 Å². The van der Waals surface area contributed by atoms with Gasteiger partial charge >= 0.3 is 11.9 Å².